The molecule has 0 aliphatic rings. The average Bonchev–Trinajstić information content (AvgIpc) is 2.91. The van der Waals surface area contributed by atoms with Crippen molar-refractivity contribution < 1.29 is 4.79 Å². The Labute approximate surface area is 115 Å². The van der Waals surface area contributed by atoms with Crippen LogP contribution in [0.2, 0.25) is 0 Å². The van der Waals surface area contributed by atoms with Gasteiger partial charge in [0.05, 0.1) is 23.8 Å². The van der Waals surface area contributed by atoms with Gasteiger partial charge in [0, 0.05) is 11.1 Å². The summed E-state index contributed by atoms with van der Waals surface area (Å²) in [5.41, 5.74) is 8.90. The SMILES string of the molecule is Nc1ccc(CC(=O)Nc2cccc3[nH]ncc23)cc1. The molecule has 1 aromatic heterocycles. The van der Waals surface area contributed by atoms with Crippen molar-refractivity contribution in [3.63, 3.8) is 0 Å². The van der Waals surface area contributed by atoms with E-state index in [1.165, 1.54) is 0 Å². The highest BCUT2D eigenvalue weighted by molar-refractivity contribution is 6.01. The summed E-state index contributed by atoms with van der Waals surface area (Å²) in [6.45, 7) is 0. The van der Waals surface area contributed by atoms with Crippen LogP contribution >= 0.6 is 0 Å². The predicted octanol–water partition coefficient (Wildman–Crippen LogP) is 2.33. The number of amides is 1. The van der Waals surface area contributed by atoms with E-state index in [2.05, 4.69) is 15.5 Å². The zero-order valence-corrected chi connectivity index (χ0v) is 10.8. The number of carbonyl (C=O) groups excluding carboxylic acids is 1. The fourth-order valence-corrected chi connectivity index (χ4v) is 2.09. The average molecular weight is 266 g/mol. The van der Waals surface area contributed by atoms with Crippen molar-refractivity contribution in [1.82, 2.24) is 10.2 Å². The molecule has 0 atom stereocenters. The van der Waals surface area contributed by atoms with Gasteiger partial charge in [-0.05, 0) is 29.8 Å². The Balaban J connectivity index is 1.76. The standard InChI is InChI=1S/C15H14N4O/c16-11-6-4-10(5-7-11)8-15(20)18-13-2-1-3-14-12(13)9-17-19-14/h1-7,9H,8,16H2,(H,17,19)(H,18,20). The van der Waals surface area contributed by atoms with Crippen LogP contribution in [0.1, 0.15) is 5.56 Å². The first-order chi connectivity index (χ1) is 9.72. The fraction of sp³-hybridized carbons (Fsp3) is 0.0667. The van der Waals surface area contributed by atoms with Crippen LogP contribution < -0.4 is 11.1 Å². The van der Waals surface area contributed by atoms with Gasteiger partial charge in [0.2, 0.25) is 5.91 Å². The quantitative estimate of drug-likeness (QED) is 0.636. The summed E-state index contributed by atoms with van der Waals surface area (Å²) in [6.07, 6.45) is 2.02. The number of hydrogen-bond acceptors (Lipinski definition) is 3. The molecule has 4 N–H and O–H groups in total. The molecule has 3 aromatic rings. The maximum Gasteiger partial charge on any atom is 0.228 e. The van der Waals surface area contributed by atoms with Gasteiger partial charge in [0.1, 0.15) is 0 Å². The van der Waals surface area contributed by atoms with Crippen molar-refractivity contribution in [2.75, 3.05) is 11.1 Å². The van der Waals surface area contributed by atoms with Crippen molar-refractivity contribution >= 4 is 28.2 Å². The second kappa shape index (κ2) is 5.05. The van der Waals surface area contributed by atoms with E-state index in [-0.39, 0.29) is 5.91 Å². The number of nitrogen functional groups attached to an aromatic ring is 1. The van der Waals surface area contributed by atoms with E-state index in [0.29, 0.717) is 12.1 Å². The molecular formula is C15H14N4O. The van der Waals surface area contributed by atoms with Gasteiger partial charge in [-0.25, -0.2) is 0 Å². The number of rotatable bonds is 3. The lowest BCUT2D eigenvalue weighted by molar-refractivity contribution is -0.115. The van der Waals surface area contributed by atoms with Crippen LogP contribution in [0.4, 0.5) is 11.4 Å². The van der Waals surface area contributed by atoms with Gasteiger partial charge in [-0.1, -0.05) is 18.2 Å². The Hall–Kier alpha value is -2.82. The molecule has 0 saturated heterocycles. The van der Waals surface area contributed by atoms with Gasteiger partial charge in [-0.2, -0.15) is 5.10 Å². The third kappa shape index (κ3) is 2.47. The van der Waals surface area contributed by atoms with Crippen LogP contribution in [0.3, 0.4) is 0 Å². The minimum absolute atomic E-state index is 0.0662. The summed E-state index contributed by atoms with van der Waals surface area (Å²) in [4.78, 5) is 12.1. The molecule has 0 aliphatic heterocycles. The van der Waals surface area contributed by atoms with Gasteiger partial charge in [0.15, 0.2) is 0 Å². The topological polar surface area (TPSA) is 83.8 Å². The zero-order chi connectivity index (χ0) is 13.9. The summed E-state index contributed by atoms with van der Waals surface area (Å²) in [5.74, 6) is -0.0662. The number of aromatic nitrogens is 2. The van der Waals surface area contributed by atoms with Crippen molar-refractivity contribution in [2.24, 2.45) is 0 Å². The fourth-order valence-electron chi connectivity index (χ4n) is 2.09. The third-order valence-electron chi connectivity index (χ3n) is 3.10. The number of nitrogens with two attached hydrogens (primary N) is 1. The lowest BCUT2D eigenvalue weighted by atomic mass is 10.1. The molecule has 0 bridgehead atoms. The highest BCUT2D eigenvalue weighted by Gasteiger charge is 2.07. The van der Waals surface area contributed by atoms with Crippen LogP contribution in [0.15, 0.2) is 48.7 Å². The van der Waals surface area contributed by atoms with Crippen LogP contribution in [0, 0.1) is 0 Å². The first kappa shape index (κ1) is 12.2. The maximum absolute atomic E-state index is 12.1. The van der Waals surface area contributed by atoms with Crippen LogP contribution in [-0.4, -0.2) is 16.1 Å². The molecule has 0 fully saturated rings. The van der Waals surface area contributed by atoms with E-state index in [9.17, 15) is 4.79 Å². The molecule has 5 heteroatoms. The van der Waals surface area contributed by atoms with Gasteiger partial charge >= 0.3 is 0 Å². The van der Waals surface area contributed by atoms with E-state index >= 15 is 0 Å². The Kier molecular flexibility index (Phi) is 3.09. The number of nitrogens with zero attached hydrogens (tertiary/aromatic N) is 1. The van der Waals surface area contributed by atoms with Gasteiger partial charge < -0.3 is 11.1 Å². The molecule has 0 spiro atoms. The zero-order valence-electron chi connectivity index (χ0n) is 10.8. The van der Waals surface area contributed by atoms with Gasteiger partial charge in [-0.3, -0.25) is 9.89 Å². The summed E-state index contributed by atoms with van der Waals surface area (Å²) < 4.78 is 0. The van der Waals surface area contributed by atoms with Crippen molar-refractivity contribution in [3.05, 3.63) is 54.2 Å². The van der Waals surface area contributed by atoms with E-state index in [0.717, 1.165) is 22.2 Å². The van der Waals surface area contributed by atoms with E-state index in [1.807, 2.05) is 30.3 Å². The number of nitrogens with one attached hydrogen (secondary N) is 2. The van der Waals surface area contributed by atoms with E-state index < -0.39 is 0 Å². The minimum Gasteiger partial charge on any atom is -0.399 e. The van der Waals surface area contributed by atoms with Crippen LogP contribution in [-0.2, 0) is 11.2 Å². The largest absolute Gasteiger partial charge is 0.399 e. The smallest absolute Gasteiger partial charge is 0.228 e. The summed E-state index contributed by atoms with van der Waals surface area (Å²) in [6, 6.07) is 12.9. The second-order valence-corrected chi connectivity index (χ2v) is 4.60. The number of fused-ring (bicyclic) bond motifs is 1. The van der Waals surface area contributed by atoms with Crippen LogP contribution in [0.25, 0.3) is 10.9 Å². The molecule has 3 rings (SSSR count). The number of carbonyl (C=O) groups is 1. The van der Waals surface area contributed by atoms with Crippen molar-refractivity contribution in [2.45, 2.75) is 6.42 Å². The summed E-state index contributed by atoms with van der Waals surface area (Å²) in [5, 5.41) is 10.7. The van der Waals surface area contributed by atoms with E-state index in [4.69, 9.17) is 5.73 Å². The Morgan fingerprint density at radius 3 is 2.80 bits per heavy atom. The Bertz CT molecular complexity index is 746. The van der Waals surface area contributed by atoms with E-state index in [1.54, 1.807) is 18.3 Å². The maximum atomic E-state index is 12.1. The third-order valence-corrected chi connectivity index (χ3v) is 3.10. The number of anilines is 2. The van der Waals surface area contributed by atoms with Crippen molar-refractivity contribution in [3.8, 4) is 0 Å². The summed E-state index contributed by atoms with van der Waals surface area (Å²) >= 11 is 0. The first-order valence-corrected chi connectivity index (χ1v) is 6.29. The normalized spacial score (nSPS) is 10.6. The molecule has 1 heterocycles. The number of H-pyrrole nitrogens is 1. The Morgan fingerprint density at radius 2 is 2.00 bits per heavy atom. The molecule has 1 amide bonds. The van der Waals surface area contributed by atoms with Gasteiger partial charge in [-0.15, -0.1) is 0 Å². The second-order valence-electron chi connectivity index (χ2n) is 4.60. The molecule has 5 nitrogen and oxygen atoms in total. The molecule has 100 valence electrons. The highest BCUT2D eigenvalue weighted by Crippen LogP contribution is 2.21. The van der Waals surface area contributed by atoms with Crippen LogP contribution in [0.5, 0.6) is 0 Å². The lowest BCUT2D eigenvalue weighted by Crippen LogP contribution is -2.14. The molecule has 0 aliphatic carbocycles. The lowest BCUT2D eigenvalue weighted by Gasteiger charge is -2.06. The predicted molar refractivity (Wildman–Crippen MR) is 79.3 cm³/mol. The molecule has 0 saturated carbocycles. The minimum atomic E-state index is -0.0662. The van der Waals surface area contributed by atoms with Gasteiger partial charge in [0.25, 0.3) is 0 Å². The number of hydrogen-bond donors (Lipinski definition) is 3. The monoisotopic (exact) mass is 266 g/mol. The Morgan fingerprint density at radius 1 is 1.20 bits per heavy atom. The first-order valence-electron chi connectivity index (χ1n) is 6.29. The van der Waals surface area contributed by atoms with Crippen molar-refractivity contribution in [1.29, 1.82) is 0 Å². The molecular weight excluding hydrogens is 252 g/mol. The summed E-state index contributed by atoms with van der Waals surface area (Å²) in [7, 11) is 0. The molecule has 0 unspecified atom stereocenters. The highest BCUT2D eigenvalue weighted by atomic mass is 16.1. The molecule has 2 aromatic carbocycles. The number of aromatic amines is 1. The number of benzene rings is 2. The molecule has 20 heavy (non-hydrogen) atoms. The molecule has 0 radical (unpaired) electrons.